The highest BCUT2D eigenvalue weighted by atomic mass is 19.1. The molecule has 5 rings (SSSR count). The fourth-order valence-corrected chi connectivity index (χ4v) is 5.29. The maximum Gasteiger partial charge on any atom is 0.410 e. The standard InChI is InChI=1S/C33H34FN3O4/c1-21-8-5-6-10-26(21)30-35-28-16-13-24(29(38)23-11-14-25(34)15-12-23)18-27(28)31(39)37(30)20-22-9-7-17-36(19-22)32(40)41-33(2,3)4/h5-6,8,10-16,18,22H,7,9,17,19-20H2,1-4H3. The number of piperidine rings is 1. The Morgan fingerprint density at radius 1 is 1.02 bits per heavy atom. The molecule has 0 N–H and O–H groups in total. The average Bonchev–Trinajstić information content (AvgIpc) is 2.94. The SMILES string of the molecule is Cc1ccccc1-c1nc2ccc(C(=O)c3ccc(F)cc3)cc2c(=O)n1CC1CCCN(C(=O)OC(C)(C)C)C1. The van der Waals surface area contributed by atoms with Gasteiger partial charge in [0.05, 0.1) is 10.9 Å². The number of nitrogens with zero attached hydrogens (tertiary/aromatic N) is 3. The summed E-state index contributed by atoms with van der Waals surface area (Å²) in [7, 11) is 0. The monoisotopic (exact) mass is 555 g/mol. The van der Waals surface area contributed by atoms with E-state index >= 15 is 0 Å². The third kappa shape index (κ3) is 6.21. The molecule has 7 nitrogen and oxygen atoms in total. The summed E-state index contributed by atoms with van der Waals surface area (Å²) in [4.78, 5) is 46.7. The maximum absolute atomic E-state index is 14.1. The summed E-state index contributed by atoms with van der Waals surface area (Å²) in [5.41, 5.74) is 2.12. The molecular weight excluding hydrogens is 521 g/mol. The molecular formula is C33H34FN3O4. The zero-order valence-corrected chi connectivity index (χ0v) is 23.8. The minimum absolute atomic E-state index is 0.0139. The second-order valence-electron chi connectivity index (χ2n) is 11.7. The second-order valence-corrected chi connectivity index (χ2v) is 11.7. The van der Waals surface area contributed by atoms with Crippen LogP contribution >= 0.6 is 0 Å². The third-order valence-corrected chi connectivity index (χ3v) is 7.32. The number of hydrogen-bond donors (Lipinski definition) is 0. The molecule has 0 saturated carbocycles. The van der Waals surface area contributed by atoms with Crippen LogP contribution in [0.5, 0.6) is 0 Å². The van der Waals surface area contributed by atoms with Crippen LogP contribution in [0, 0.1) is 18.7 Å². The number of ketones is 1. The number of aryl methyl sites for hydroxylation is 1. The molecule has 1 aromatic heterocycles. The molecule has 2 heterocycles. The van der Waals surface area contributed by atoms with Crippen LogP contribution in [-0.2, 0) is 11.3 Å². The number of carbonyl (C=O) groups is 2. The van der Waals surface area contributed by atoms with Crippen molar-refractivity contribution in [2.75, 3.05) is 13.1 Å². The number of rotatable bonds is 5. The summed E-state index contributed by atoms with van der Waals surface area (Å²) in [5.74, 6) is -0.169. The summed E-state index contributed by atoms with van der Waals surface area (Å²) in [6, 6.07) is 18.0. The summed E-state index contributed by atoms with van der Waals surface area (Å²) in [5, 5.41) is 0.329. The number of fused-ring (bicyclic) bond motifs is 1. The lowest BCUT2D eigenvalue weighted by atomic mass is 9.97. The van der Waals surface area contributed by atoms with Gasteiger partial charge >= 0.3 is 6.09 Å². The lowest BCUT2D eigenvalue weighted by Gasteiger charge is -2.34. The number of carbonyl (C=O) groups excluding carboxylic acids is 2. The Morgan fingerprint density at radius 3 is 2.44 bits per heavy atom. The van der Waals surface area contributed by atoms with Crippen LogP contribution in [0.25, 0.3) is 22.3 Å². The average molecular weight is 556 g/mol. The molecule has 0 spiro atoms. The summed E-state index contributed by atoms with van der Waals surface area (Å²) >= 11 is 0. The van der Waals surface area contributed by atoms with Crippen molar-refractivity contribution in [3.63, 3.8) is 0 Å². The van der Waals surface area contributed by atoms with E-state index in [1.165, 1.54) is 24.3 Å². The first-order valence-electron chi connectivity index (χ1n) is 13.9. The van der Waals surface area contributed by atoms with E-state index in [4.69, 9.17) is 9.72 Å². The fraction of sp³-hybridized carbons (Fsp3) is 0.333. The lowest BCUT2D eigenvalue weighted by molar-refractivity contribution is 0.0157. The number of benzene rings is 3. The minimum atomic E-state index is -0.593. The molecule has 4 aromatic rings. The second kappa shape index (κ2) is 11.3. The van der Waals surface area contributed by atoms with Crippen molar-refractivity contribution in [1.82, 2.24) is 14.5 Å². The number of amides is 1. The smallest absolute Gasteiger partial charge is 0.410 e. The van der Waals surface area contributed by atoms with Crippen LogP contribution in [-0.4, -0.2) is 45.0 Å². The molecule has 0 aliphatic carbocycles. The largest absolute Gasteiger partial charge is 0.444 e. The van der Waals surface area contributed by atoms with Crippen molar-refractivity contribution in [3.05, 3.63) is 99.6 Å². The van der Waals surface area contributed by atoms with Gasteiger partial charge in [-0.15, -0.1) is 0 Å². The predicted octanol–water partition coefficient (Wildman–Crippen LogP) is 6.39. The van der Waals surface area contributed by atoms with Gasteiger partial charge in [0.25, 0.3) is 5.56 Å². The molecule has 0 bridgehead atoms. The van der Waals surface area contributed by atoms with Gasteiger partial charge in [0.15, 0.2) is 5.78 Å². The van der Waals surface area contributed by atoms with E-state index in [2.05, 4.69) is 0 Å². The minimum Gasteiger partial charge on any atom is -0.444 e. The van der Waals surface area contributed by atoms with Crippen molar-refractivity contribution >= 4 is 22.8 Å². The Bertz CT molecular complexity index is 1670. The number of aromatic nitrogens is 2. The molecule has 1 atom stereocenters. The molecule has 1 aliphatic rings. The van der Waals surface area contributed by atoms with E-state index in [9.17, 15) is 18.8 Å². The van der Waals surface area contributed by atoms with Crippen LogP contribution in [0.3, 0.4) is 0 Å². The topological polar surface area (TPSA) is 81.5 Å². The van der Waals surface area contributed by atoms with Gasteiger partial charge in [-0.1, -0.05) is 24.3 Å². The molecule has 0 radical (unpaired) electrons. The van der Waals surface area contributed by atoms with Gasteiger partial charge in [-0.2, -0.15) is 0 Å². The quantitative estimate of drug-likeness (QED) is 0.267. The molecule has 1 aliphatic heterocycles. The molecule has 1 amide bonds. The van der Waals surface area contributed by atoms with E-state index in [-0.39, 0.29) is 23.4 Å². The van der Waals surface area contributed by atoms with Crippen molar-refractivity contribution in [2.24, 2.45) is 5.92 Å². The first kappa shape index (κ1) is 28.2. The third-order valence-electron chi connectivity index (χ3n) is 7.32. The summed E-state index contributed by atoms with van der Waals surface area (Å²) < 4.78 is 20.7. The van der Waals surface area contributed by atoms with E-state index < -0.39 is 11.4 Å². The van der Waals surface area contributed by atoms with Gasteiger partial charge in [-0.05, 0) is 94.5 Å². The summed E-state index contributed by atoms with van der Waals surface area (Å²) in [6.45, 7) is 8.94. The molecule has 1 saturated heterocycles. The van der Waals surface area contributed by atoms with Gasteiger partial charge in [0, 0.05) is 36.3 Å². The Labute approximate surface area is 238 Å². The Hall–Kier alpha value is -4.33. The van der Waals surface area contributed by atoms with E-state index in [0.29, 0.717) is 47.5 Å². The van der Waals surface area contributed by atoms with Crippen LogP contribution < -0.4 is 5.56 Å². The molecule has 41 heavy (non-hydrogen) atoms. The van der Waals surface area contributed by atoms with Crippen molar-refractivity contribution in [1.29, 1.82) is 0 Å². The van der Waals surface area contributed by atoms with Crippen LogP contribution in [0.2, 0.25) is 0 Å². The number of ether oxygens (including phenoxy) is 1. The molecule has 8 heteroatoms. The first-order chi connectivity index (χ1) is 19.5. The molecule has 1 fully saturated rings. The number of halogens is 1. The zero-order valence-electron chi connectivity index (χ0n) is 23.8. The van der Waals surface area contributed by atoms with Gasteiger partial charge in [0.2, 0.25) is 0 Å². The Morgan fingerprint density at radius 2 is 1.73 bits per heavy atom. The van der Waals surface area contributed by atoms with Crippen molar-refractivity contribution in [2.45, 2.75) is 52.7 Å². The number of hydrogen-bond acceptors (Lipinski definition) is 5. The Balaban J connectivity index is 1.55. The van der Waals surface area contributed by atoms with Crippen molar-refractivity contribution < 1.29 is 18.7 Å². The molecule has 1 unspecified atom stereocenters. The lowest BCUT2D eigenvalue weighted by Crippen LogP contribution is -2.44. The highest BCUT2D eigenvalue weighted by Gasteiger charge is 2.29. The van der Waals surface area contributed by atoms with Gasteiger partial charge in [-0.25, -0.2) is 14.2 Å². The zero-order chi connectivity index (χ0) is 29.3. The van der Waals surface area contributed by atoms with Crippen LogP contribution in [0.15, 0.2) is 71.5 Å². The van der Waals surface area contributed by atoms with Crippen molar-refractivity contribution in [3.8, 4) is 11.4 Å². The van der Waals surface area contributed by atoms with E-state index in [1.54, 1.807) is 27.7 Å². The molecule has 3 aromatic carbocycles. The first-order valence-corrected chi connectivity index (χ1v) is 13.9. The Kier molecular flexibility index (Phi) is 7.76. The highest BCUT2D eigenvalue weighted by Crippen LogP contribution is 2.27. The van der Waals surface area contributed by atoms with Gasteiger partial charge < -0.3 is 9.64 Å². The van der Waals surface area contributed by atoms with Crippen LogP contribution in [0.4, 0.5) is 9.18 Å². The summed E-state index contributed by atoms with van der Waals surface area (Å²) in [6.07, 6.45) is 1.30. The van der Waals surface area contributed by atoms with Crippen LogP contribution in [0.1, 0.15) is 55.1 Å². The van der Waals surface area contributed by atoms with Gasteiger partial charge in [-0.3, -0.25) is 14.2 Å². The normalized spacial score (nSPS) is 15.6. The highest BCUT2D eigenvalue weighted by molar-refractivity contribution is 6.10. The fourth-order valence-electron chi connectivity index (χ4n) is 5.29. The molecule has 212 valence electrons. The predicted molar refractivity (Wildman–Crippen MR) is 157 cm³/mol. The van der Waals surface area contributed by atoms with Gasteiger partial charge in [0.1, 0.15) is 17.2 Å². The van der Waals surface area contributed by atoms with E-state index in [1.807, 2.05) is 52.0 Å². The van der Waals surface area contributed by atoms with E-state index in [0.717, 1.165) is 24.0 Å². The number of likely N-dealkylation sites (tertiary alicyclic amines) is 1. The maximum atomic E-state index is 14.1.